The van der Waals surface area contributed by atoms with Gasteiger partial charge in [0.05, 0.1) is 6.10 Å². The summed E-state index contributed by atoms with van der Waals surface area (Å²) >= 11 is 0. The van der Waals surface area contributed by atoms with Gasteiger partial charge in [0.2, 0.25) is 0 Å². The molecule has 0 spiro atoms. The first-order valence-electron chi connectivity index (χ1n) is 3.38. The number of methoxy groups -OCH3 is 1. The summed E-state index contributed by atoms with van der Waals surface area (Å²) in [5, 5.41) is 17.7. The largest absolute Gasteiger partial charge is 0.479 e. The first-order chi connectivity index (χ1) is 4.90. The molecule has 0 bridgehead atoms. The van der Waals surface area contributed by atoms with E-state index in [1.54, 1.807) is 6.92 Å². The Morgan fingerprint density at radius 1 is 1.73 bits per heavy atom. The molecule has 0 aromatic rings. The highest BCUT2D eigenvalue weighted by molar-refractivity contribution is 5.76. The van der Waals surface area contributed by atoms with E-state index in [9.17, 15) is 9.90 Å². The molecule has 2 atom stereocenters. The molecule has 0 aliphatic heterocycles. The highest BCUT2D eigenvalue weighted by Gasteiger charge is 2.31. The Labute approximate surface area is 65.8 Å². The van der Waals surface area contributed by atoms with E-state index in [1.165, 1.54) is 14.0 Å². The molecule has 0 saturated heterocycles. The van der Waals surface area contributed by atoms with Gasteiger partial charge in [0, 0.05) is 13.5 Å². The number of ether oxygens (including phenoxy) is 1. The standard InChI is InChI=1S/C7H14O4/c1-5(11-3)4-7(2,10)6(8)9/h5,10H,4H2,1-3H3,(H,8,9)/t5-,7-/m1/s1. The van der Waals surface area contributed by atoms with Gasteiger partial charge in [-0.15, -0.1) is 0 Å². The lowest BCUT2D eigenvalue weighted by Gasteiger charge is -2.20. The van der Waals surface area contributed by atoms with Crippen molar-refractivity contribution in [2.75, 3.05) is 7.11 Å². The number of aliphatic hydroxyl groups is 1. The summed E-state index contributed by atoms with van der Waals surface area (Å²) in [4.78, 5) is 10.4. The maximum atomic E-state index is 10.4. The lowest BCUT2D eigenvalue weighted by atomic mass is 10.00. The highest BCUT2D eigenvalue weighted by atomic mass is 16.5. The van der Waals surface area contributed by atoms with Crippen molar-refractivity contribution in [1.82, 2.24) is 0 Å². The number of hydrogen-bond acceptors (Lipinski definition) is 3. The van der Waals surface area contributed by atoms with Crippen molar-refractivity contribution in [2.24, 2.45) is 0 Å². The van der Waals surface area contributed by atoms with Gasteiger partial charge in [0.1, 0.15) is 0 Å². The summed E-state index contributed by atoms with van der Waals surface area (Å²) in [7, 11) is 1.47. The molecular weight excluding hydrogens is 148 g/mol. The van der Waals surface area contributed by atoms with E-state index in [2.05, 4.69) is 0 Å². The molecular formula is C7H14O4. The zero-order valence-electron chi connectivity index (χ0n) is 7.00. The number of carbonyl (C=O) groups is 1. The van der Waals surface area contributed by atoms with Gasteiger partial charge in [-0.25, -0.2) is 4.79 Å². The van der Waals surface area contributed by atoms with Gasteiger partial charge in [0.15, 0.2) is 5.60 Å². The Morgan fingerprint density at radius 3 is 2.45 bits per heavy atom. The molecule has 0 rings (SSSR count). The summed E-state index contributed by atoms with van der Waals surface area (Å²) in [5.41, 5.74) is -1.69. The second-order valence-corrected chi connectivity index (χ2v) is 2.83. The molecule has 0 heterocycles. The first kappa shape index (κ1) is 10.4. The van der Waals surface area contributed by atoms with E-state index < -0.39 is 11.6 Å². The summed E-state index contributed by atoms with van der Waals surface area (Å²) in [6.07, 6.45) is -0.153. The molecule has 0 fully saturated rings. The van der Waals surface area contributed by atoms with Gasteiger partial charge in [-0.2, -0.15) is 0 Å². The van der Waals surface area contributed by atoms with Crippen LogP contribution < -0.4 is 0 Å². The van der Waals surface area contributed by atoms with Gasteiger partial charge in [0.25, 0.3) is 0 Å². The number of aliphatic carboxylic acids is 1. The lowest BCUT2D eigenvalue weighted by Crippen LogP contribution is -2.38. The summed E-state index contributed by atoms with van der Waals surface area (Å²) < 4.78 is 4.81. The van der Waals surface area contributed by atoms with E-state index >= 15 is 0 Å². The van der Waals surface area contributed by atoms with Crippen molar-refractivity contribution in [3.8, 4) is 0 Å². The fraction of sp³-hybridized carbons (Fsp3) is 0.857. The van der Waals surface area contributed by atoms with Crippen molar-refractivity contribution >= 4 is 5.97 Å². The fourth-order valence-electron chi connectivity index (χ4n) is 0.730. The van der Waals surface area contributed by atoms with Crippen LogP contribution in [0.4, 0.5) is 0 Å². The van der Waals surface area contributed by atoms with E-state index in [1.807, 2.05) is 0 Å². The van der Waals surface area contributed by atoms with Crippen LogP contribution in [-0.2, 0) is 9.53 Å². The molecule has 0 aromatic heterocycles. The Hall–Kier alpha value is -0.610. The molecule has 0 aromatic carbocycles. The Balaban J connectivity index is 4.01. The normalized spacial score (nSPS) is 18.9. The minimum atomic E-state index is -1.69. The number of hydrogen-bond donors (Lipinski definition) is 2. The second-order valence-electron chi connectivity index (χ2n) is 2.83. The zero-order chi connectivity index (χ0) is 9.07. The van der Waals surface area contributed by atoms with Crippen molar-refractivity contribution < 1.29 is 19.7 Å². The molecule has 66 valence electrons. The van der Waals surface area contributed by atoms with Crippen molar-refractivity contribution in [3.05, 3.63) is 0 Å². The monoisotopic (exact) mass is 162 g/mol. The van der Waals surface area contributed by atoms with Gasteiger partial charge in [-0.05, 0) is 13.8 Å². The quantitative estimate of drug-likeness (QED) is 0.621. The minimum Gasteiger partial charge on any atom is -0.479 e. The molecule has 4 heteroatoms. The summed E-state index contributed by atoms with van der Waals surface area (Å²) in [6, 6.07) is 0. The molecule has 0 aliphatic rings. The fourth-order valence-corrected chi connectivity index (χ4v) is 0.730. The van der Waals surface area contributed by atoms with Crippen LogP contribution in [0.5, 0.6) is 0 Å². The first-order valence-corrected chi connectivity index (χ1v) is 3.38. The maximum absolute atomic E-state index is 10.4. The minimum absolute atomic E-state index is 0.0961. The Kier molecular flexibility index (Phi) is 3.48. The molecule has 0 unspecified atom stereocenters. The lowest BCUT2D eigenvalue weighted by molar-refractivity contribution is -0.159. The number of carboxylic acids is 1. The molecule has 0 radical (unpaired) electrons. The third-order valence-electron chi connectivity index (χ3n) is 1.55. The van der Waals surface area contributed by atoms with Gasteiger partial charge >= 0.3 is 5.97 Å². The van der Waals surface area contributed by atoms with E-state index in [0.29, 0.717) is 0 Å². The third-order valence-corrected chi connectivity index (χ3v) is 1.55. The number of rotatable bonds is 4. The van der Waals surface area contributed by atoms with Crippen LogP contribution >= 0.6 is 0 Å². The SMILES string of the molecule is CO[C@H](C)C[C@@](C)(O)C(=O)O. The Morgan fingerprint density at radius 2 is 2.18 bits per heavy atom. The topological polar surface area (TPSA) is 66.8 Å². The van der Waals surface area contributed by atoms with Crippen LogP contribution in [-0.4, -0.2) is 35.0 Å². The van der Waals surface area contributed by atoms with Crippen molar-refractivity contribution in [3.63, 3.8) is 0 Å². The average Bonchev–Trinajstić information content (AvgIpc) is 1.86. The molecule has 0 saturated carbocycles. The van der Waals surface area contributed by atoms with Crippen LogP contribution in [0, 0.1) is 0 Å². The molecule has 2 N–H and O–H groups in total. The average molecular weight is 162 g/mol. The second kappa shape index (κ2) is 3.69. The van der Waals surface area contributed by atoms with Crippen LogP contribution in [0.15, 0.2) is 0 Å². The van der Waals surface area contributed by atoms with E-state index in [4.69, 9.17) is 9.84 Å². The molecule has 0 aliphatic carbocycles. The predicted molar refractivity (Wildman–Crippen MR) is 39.3 cm³/mol. The van der Waals surface area contributed by atoms with Crippen LogP contribution in [0.1, 0.15) is 20.3 Å². The highest BCUT2D eigenvalue weighted by Crippen LogP contribution is 2.13. The Bertz CT molecular complexity index is 141. The maximum Gasteiger partial charge on any atom is 0.335 e. The molecule has 4 nitrogen and oxygen atoms in total. The predicted octanol–water partition coefficient (Wildman–Crippen LogP) is 0.247. The van der Waals surface area contributed by atoms with Crippen LogP contribution in [0.25, 0.3) is 0 Å². The summed E-state index contributed by atoms with van der Waals surface area (Å²) in [6.45, 7) is 2.96. The van der Waals surface area contributed by atoms with Gasteiger partial charge in [-0.1, -0.05) is 0 Å². The van der Waals surface area contributed by atoms with Crippen LogP contribution in [0.2, 0.25) is 0 Å². The zero-order valence-corrected chi connectivity index (χ0v) is 7.00. The summed E-state index contributed by atoms with van der Waals surface area (Å²) in [5.74, 6) is -1.22. The molecule has 11 heavy (non-hydrogen) atoms. The van der Waals surface area contributed by atoms with Crippen LogP contribution in [0.3, 0.4) is 0 Å². The van der Waals surface area contributed by atoms with Gasteiger partial charge in [-0.3, -0.25) is 0 Å². The van der Waals surface area contributed by atoms with E-state index in [0.717, 1.165) is 0 Å². The van der Waals surface area contributed by atoms with E-state index in [-0.39, 0.29) is 12.5 Å². The molecule has 0 amide bonds. The van der Waals surface area contributed by atoms with Gasteiger partial charge < -0.3 is 14.9 Å². The third kappa shape index (κ3) is 3.34. The van der Waals surface area contributed by atoms with Crippen molar-refractivity contribution in [2.45, 2.75) is 32.0 Å². The smallest absolute Gasteiger partial charge is 0.335 e. The number of carboxylic acid groups (broad SMARTS) is 1. The van der Waals surface area contributed by atoms with Crippen molar-refractivity contribution in [1.29, 1.82) is 0 Å².